The van der Waals surface area contributed by atoms with E-state index in [0.717, 1.165) is 51.7 Å². The van der Waals surface area contributed by atoms with Gasteiger partial charge >= 0.3 is 5.97 Å². The molecular weight excluding hydrogens is 234 g/mol. The summed E-state index contributed by atoms with van der Waals surface area (Å²) in [4.78, 5) is 12.8. The standard InChI is InChI=1S/C13H25NO4/c15-10-3-1-2-7-14-8-4-12(5-9-14)18-11-6-13(16)17/h12,15H,1-11H2,(H,16,17). The first-order valence-electron chi connectivity index (χ1n) is 6.89. The minimum atomic E-state index is -0.795. The van der Waals surface area contributed by atoms with Crippen LogP contribution in [-0.4, -0.2) is 60.0 Å². The van der Waals surface area contributed by atoms with Crippen LogP contribution in [0.25, 0.3) is 0 Å². The molecule has 18 heavy (non-hydrogen) atoms. The lowest BCUT2D eigenvalue weighted by Crippen LogP contribution is -2.37. The molecule has 1 heterocycles. The molecule has 5 heteroatoms. The van der Waals surface area contributed by atoms with Gasteiger partial charge in [0.15, 0.2) is 0 Å². The van der Waals surface area contributed by atoms with E-state index in [1.807, 2.05) is 0 Å². The van der Waals surface area contributed by atoms with Gasteiger partial charge in [-0.3, -0.25) is 4.79 Å². The number of aliphatic hydroxyl groups is 1. The van der Waals surface area contributed by atoms with Gasteiger partial charge in [-0.1, -0.05) is 0 Å². The first kappa shape index (κ1) is 15.4. The van der Waals surface area contributed by atoms with Crippen molar-refractivity contribution in [3.05, 3.63) is 0 Å². The zero-order valence-corrected chi connectivity index (χ0v) is 11.0. The molecule has 0 spiro atoms. The number of likely N-dealkylation sites (tertiary alicyclic amines) is 1. The normalized spacial score (nSPS) is 18.1. The van der Waals surface area contributed by atoms with Crippen LogP contribution in [0.2, 0.25) is 0 Å². The molecule has 0 aromatic rings. The summed E-state index contributed by atoms with van der Waals surface area (Å²) in [5, 5.41) is 17.2. The van der Waals surface area contributed by atoms with Crippen LogP contribution in [-0.2, 0) is 9.53 Å². The number of piperidine rings is 1. The van der Waals surface area contributed by atoms with Crippen LogP contribution in [0.1, 0.15) is 38.5 Å². The highest BCUT2D eigenvalue weighted by Crippen LogP contribution is 2.14. The molecule has 1 fully saturated rings. The highest BCUT2D eigenvalue weighted by atomic mass is 16.5. The Balaban J connectivity index is 2.00. The first-order chi connectivity index (χ1) is 8.72. The van der Waals surface area contributed by atoms with Gasteiger partial charge in [0.1, 0.15) is 0 Å². The van der Waals surface area contributed by atoms with Gasteiger partial charge in [-0.2, -0.15) is 0 Å². The number of carboxylic acids is 1. The molecule has 0 bridgehead atoms. The number of unbranched alkanes of at least 4 members (excludes halogenated alkanes) is 2. The Morgan fingerprint density at radius 2 is 1.94 bits per heavy atom. The van der Waals surface area contributed by atoms with Crippen molar-refractivity contribution in [3.63, 3.8) is 0 Å². The number of aliphatic hydroxyl groups excluding tert-OH is 1. The highest BCUT2D eigenvalue weighted by molar-refractivity contribution is 5.66. The molecule has 0 atom stereocenters. The molecule has 1 saturated heterocycles. The van der Waals surface area contributed by atoms with Gasteiger partial charge in [0, 0.05) is 19.7 Å². The predicted octanol–water partition coefficient (Wildman–Crippen LogP) is 1.10. The van der Waals surface area contributed by atoms with E-state index in [1.165, 1.54) is 0 Å². The van der Waals surface area contributed by atoms with Crippen LogP contribution in [0.4, 0.5) is 0 Å². The Morgan fingerprint density at radius 1 is 1.22 bits per heavy atom. The van der Waals surface area contributed by atoms with E-state index in [0.29, 0.717) is 13.2 Å². The fourth-order valence-corrected chi connectivity index (χ4v) is 2.24. The quantitative estimate of drug-likeness (QED) is 0.607. The van der Waals surface area contributed by atoms with Gasteiger partial charge in [-0.05, 0) is 38.6 Å². The number of nitrogens with zero attached hydrogens (tertiary/aromatic N) is 1. The van der Waals surface area contributed by atoms with E-state index < -0.39 is 5.97 Å². The molecule has 0 unspecified atom stereocenters. The number of rotatable bonds is 9. The van der Waals surface area contributed by atoms with Crippen molar-refractivity contribution in [1.82, 2.24) is 4.90 Å². The predicted molar refractivity (Wildman–Crippen MR) is 68.6 cm³/mol. The molecule has 0 amide bonds. The molecule has 1 aliphatic rings. The van der Waals surface area contributed by atoms with Crippen LogP contribution >= 0.6 is 0 Å². The van der Waals surface area contributed by atoms with Crippen molar-refractivity contribution in [2.75, 3.05) is 32.8 Å². The van der Waals surface area contributed by atoms with Gasteiger partial charge < -0.3 is 19.8 Å². The summed E-state index contributed by atoms with van der Waals surface area (Å²) in [7, 11) is 0. The van der Waals surface area contributed by atoms with Gasteiger partial charge in [0.05, 0.1) is 19.1 Å². The van der Waals surface area contributed by atoms with Gasteiger partial charge in [-0.15, -0.1) is 0 Å². The van der Waals surface area contributed by atoms with E-state index in [1.54, 1.807) is 0 Å². The molecule has 5 nitrogen and oxygen atoms in total. The van der Waals surface area contributed by atoms with Crippen molar-refractivity contribution >= 4 is 5.97 Å². The second-order valence-electron chi connectivity index (χ2n) is 4.84. The molecular formula is C13H25NO4. The maximum Gasteiger partial charge on any atom is 0.305 e. The van der Waals surface area contributed by atoms with E-state index in [-0.39, 0.29) is 12.5 Å². The molecule has 1 rings (SSSR count). The number of ether oxygens (including phenoxy) is 1. The van der Waals surface area contributed by atoms with Crippen LogP contribution in [0.15, 0.2) is 0 Å². The van der Waals surface area contributed by atoms with E-state index >= 15 is 0 Å². The second-order valence-corrected chi connectivity index (χ2v) is 4.84. The lowest BCUT2D eigenvalue weighted by Gasteiger charge is -2.31. The van der Waals surface area contributed by atoms with E-state index in [9.17, 15) is 4.79 Å². The summed E-state index contributed by atoms with van der Waals surface area (Å²) < 4.78 is 5.54. The lowest BCUT2D eigenvalue weighted by atomic mass is 10.1. The smallest absolute Gasteiger partial charge is 0.305 e. The summed E-state index contributed by atoms with van der Waals surface area (Å²) in [5.74, 6) is -0.795. The molecule has 106 valence electrons. The van der Waals surface area contributed by atoms with Gasteiger partial charge in [0.25, 0.3) is 0 Å². The van der Waals surface area contributed by atoms with E-state index in [2.05, 4.69) is 4.90 Å². The Hall–Kier alpha value is -0.650. The fraction of sp³-hybridized carbons (Fsp3) is 0.923. The molecule has 2 N–H and O–H groups in total. The molecule has 0 aromatic heterocycles. The second kappa shape index (κ2) is 9.30. The third kappa shape index (κ3) is 6.93. The first-order valence-corrected chi connectivity index (χ1v) is 6.89. The van der Waals surface area contributed by atoms with Crippen molar-refractivity contribution in [2.24, 2.45) is 0 Å². The zero-order valence-electron chi connectivity index (χ0n) is 11.0. The number of aliphatic carboxylic acids is 1. The van der Waals surface area contributed by atoms with E-state index in [4.69, 9.17) is 14.9 Å². The van der Waals surface area contributed by atoms with Crippen LogP contribution in [0, 0.1) is 0 Å². The Labute approximate surface area is 109 Å². The Kier molecular flexibility index (Phi) is 7.96. The summed E-state index contributed by atoms with van der Waals surface area (Å²) in [6.07, 6.45) is 5.46. The highest BCUT2D eigenvalue weighted by Gasteiger charge is 2.19. The molecule has 0 saturated carbocycles. The minimum absolute atomic E-state index is 0.0986. The minimum Gasteiger partial charge on any atom is -0.481 e. The maximum absolute atomic E-state index is 10.4. The average molecular weight is 259 g/mol. The van der Waals surface area contributed by atoms with Crippen molar-refractivity contribution in [1.29, 1.82) is 0 Å². The van der Waals surface area contributed by atoms with Crippen molar-refractivity contribution < 1.29 is 19.7 Å². The largest absolute Gasteiger partial charge is 0.481 e. The van der Waals surface area contributed by atoms with Gasteiger partial charge in [-0.25, -0.2) is 0 Å². The number of carboxylic acid groups (broad SMARTS) is 1. The summed E-state index contributed by atoms with van der Waals surface area (Å²) >= 11 is 0. The molecule has 1 aliphatic heterocycles. The Morgan fingerprint density at radius 3 is 2.56 bits per heavy atom. The molecule has 0 aliphatic carbocycles. The third-order valence-electron chi connectivity index (χ3n) is 3.34. The third-order valence-corrected chi connectivity index (χ3v) is 3.34. The Bertz CT molecular complexity index is 227. The van der Waals surface area contributed by atoms with Crippen molar-refractivity contribution in [2.45, 2.75) is 44.6 Å². The topological polar surface area (TPSA) is 70.0 Å². The average Bonchev–Trinajstić information content (AvgIpc) is 2.36. The van der Waals surface area contributed by atoms with Crippen LogP contribution in [0.3, 0.4) is 0 Å². The molecule has 0 radical (unpaired) electrons. The molecule has 0 aromatic carbocycles. The van der Waals surface area contributed by atoms with Crippen LogP contribution < -0.4 is 0 Å². The number of hydrogen-bond donors (Lipinski definition) is 2. The SMILES string of the molecule is O=C(O)CCOC1CCN(CCCCCO)CC1. The summed E-state index contributed by atoms with van der Waals surface area (Å²) in [6, 6.07) is 0. The van der Waals surface area contributed by atoms with Gasteiger partial charge in [0.2, 0.25) is 0 Å². The van der Waals surface area contributed by atoms with Crippen molar-refractivity contribution in [3.8, 4) is 0 Å². The van der Waals surface area contributed by atoms with Crippen LogP contribution in [0.5, 0.6) is 0 Å². The summed E-state index contributed by atoms with van der Waals surface area (Å²) in [6.45, 7) is 3.80. The fourth-order valence-electron chi connectivity index (χ4n) is 2.24. The number of carbonyl (C=O) groups is 1. The zero-order chi connectivity index (χ0) is 13.2. The lowest BCUT2D eigenvalue weighted by molar-refractivity contribution is -0.138. The maximum atomic E-state index is 10.4. The monoisotopic (exact) mass is 259 g/mol. The summed E-state index contributed by atoms with van der Waals surface area (Å²) in [5.41, 5.74) is 0. The number of hydrogen-bond acceptors (Lipinski definition) is 4.